The maximum Gasteiger partial charge on any atom is 0.159 e. The van der Waals surface area contributed by atoms with Gasteiger partial charge in [0.2, 0.25) is 0 Å². The Morgan fingerprint density at radius 3 is 2.20 bits per heavy atom. The van der Waals surface area contributed by atoms with Crippen LogP contribution >= 0.6 is 0 Å². The molecule has 12 rings (SSSR count). The molecule has 7 heterocycles. The smallest absolute Gasteiger partial charge is 0.159 e. The molecule has 0 radical (unpaired) electrons. The molecule has 0 amide bonds. The maximum atomic E-state index is 6.96. The van der Waals surface area contributed by atoms with E-state index in [4.69, 9.17) is 28.8 Å². The first-order valence-electron chi connectivity index (χ1n) is 17.4. The molecule has 0 saturated heterocycles. The Hall–Kier alpha value is -6.08. The van der Waals surface area contributed by atoms with Gasteiger partial charge in [-0.25, -0.2) is 9.97 Å². The molecule has 1 saturated carbocycles. The number of pyridine rings is 4. The first kappa shape index (κ1) is 26.8. The Morgan fingerprint density at radius 1 is 0.660 bits per heavy atom. The highest BCUT2D eigenvalue weighted by Crippen LogP contribution is 2.66. The summed E-state index contributed by atoms with van der Waals surface area (Å²) < 4.78 is 15.9. The predicted molar refractivity (Wildman–Crippen MR) is 195 cm³/mol. The second-order valence-electron chi connectivity index (χ2n) is 14.2. The van der Waals surface area contributed by atoms with Crippen LogP contribution < -0.4 is 0 Å². The minimum atomic E-state index is 0.252. The van der Waals surface area contributed by atoms with Crippen molar-refractivity contribution in [3.63, 3.8) is 0 Å². The monoisotopic (exact) mass is 647 g/mol. The average Bonchev–Trinajstić information content (AvgIpc) is 3.40. The van der Waals surface area contributed by atoms with Gasteiger partial charge in [0.15, 0.2) is 5.58 Å². The second kappa shape index (κ2) is 9.54. The predicted octanol–water partition coefficient (Wildman–Crippen LogP) is 10.0. The fourth-order valence-corrected chi connectivity index (χ4v) is 9.56. The van der Waals surface area contributed by atoms with Crippen LogP contribution in [0.3, 0.4) is 0 Å². The van der Waals surface area contributed by atoms with Crippen LogP contribution in [0.5, 0.6) is 0 Å². The number of rotatable bonds is 2. The first-order valence-corrected chi connectivity index (χ1v) is 17.4. The molecule has 2 aromatic carbocycles. The van der Waals surface area contributed by atoms with Crippen molar-refractivity contribution >= 4 is 61.1 Å². The van der Waals surface area contributed by atoms with Gasteiger partial charge in [0.05, 0.1) is 11.4 Å². The highest BCUT2D eigenvalue weighted by molar-refractivity contribution is 6.14. The minimum absolute atomic E-state index is 0.252. The lowest BCUT2D eigenvalue weighted by Crippen LogP contribution is -2.16. The summed E-state index contributed by atoms with van der Waals surface area (Å²) in [5.74, 6) is 2.97. The van der Waals surface area contributed by atoms with Gasteiger partial charge in [-0.15, -0.1) is 0 Å². The van der Waals surface area contributed by atoms with Crippen molar-refractivity contribution in [2.45, 2.75) is 25.2 Å². The molecule has 7 aromatic heterocycles. The standard InChI is InChI=1S/C43H29N5O2/c1-22-13-14-26-30-21-34-29(25-7-2-12-33(40(25)49-34)48-42-27(10-5-17-46-42)28-11-6-18-47-43(28)48)20-35(30)50-41(26)36(22)37-31-19-32-23(8-3-15-44-32)24-9-4-16-45-39(24)38(31)37/h2-18,20-22,31,36-38H,19H2,1H3/t22-,31?,36?,37?,38?/m0/s1. The molecule has 3 aliphatic carbocycles. The van der Waals surface area contributed by atoms with Crippen LogP contribution in [0.4, 0.5) is 0 Å². The third kappa shape index (κ3) is 3.44. The lowest BCUT2D eigenvalue weighted by molar-refractivity contribution is 0.377. The van der Waals surface area contributed by atoms with Crippen molar-refractivity contribution in [2.75, 3.05) is 0 Å². The molecule has 3 aliphatic rings. The molecule has 1 fully saturated rings. The molecule has 9 aromatic rings. The fourth-order valence-electron chi connectivity index (χ4n) is 9.56. The number of benzene rings is 2. The Bertz CT molecular complexity index is 2880. The van der Waals surface area contributed by atoms with Gasteiger partial charge in [-0.05, 0) is 78.8 Å². The summed E-state index contributed by atoms with van der Waals surface area (Å²) in [6.45, 7) is 2.33. The molecule has 50 heavy (non-hydrogen) atoms. The zero-order valence-corrected chi connectivity index (χ0v) is 27.1. The van der Waals surface area contributed by atoms with Crippen molar-refractivity contribution in [3.8, 4) is 16.8 Å². The summed E-state index contributed by atoms with van der Waals surface area (Å²) in [6, 6.07) is 27.3. The van der Waals surface area contributed by atoms with Gasteiger partial charge in [0.25, 0.3) is 0 Å². The summed E-state index contributed by atoms with van der Waals surface area (Å²) in [6.07, 6.45) is 13.1. The molecular formula is C43H29N5O2. The van der Waals surface area contributed by atoms with Crippen LogP contribution in [0, 0.1) is 17.8 Å². The molecule has 238 valence electrons. The van der Waals surface area contributed by atoms with Crippen molar-refractivity contribution in [1.82, 2.24) is 24.5 Å². The first-order chi connectivity index (χ1) is 24.7. The van der Waals surface area contributed by atoms with Crippen molar-refractivity contribution in [1.29, 1.82) is 0 Å². The maximum absolute atomic E-state index is 6.96. The van der Waals surface area contributed by atoms with E-state index in [0.717, 1.165) is 72.8 Å². The number of nitrogens with zero attached hydrogens (tertiary/aromatic N) is 5. The van der Waals surface area contributed by atoms with Crippen LogP contribution in [-0.2, 0) is 6.42 Å². The second-order valence-corrected chi connectivity index (χ2v) is 14.2. The van der Waals surface area contributed by atoms with Crippen molar-refractivity contribution in [3.05, 3.63) is 132 Å². The lowest BCUT2D eigenvalue weighted by Gasteiger charge is -2.25. The number of fused-ring (bicyclic) bond motifs is 14. The molecule has 0 bridgehead atoms. The number of hydrogen-bond acceptors (Lipinski definition) is 6. The van der Waals surface area contributed by atoms with E-state index in [0.29, 0.717) is 23.7 Å². The summed E-state index contributed by atoms with van der Waals surface area (Å²) in [7, 11) is 0. The van der Waals surface area contributed by atoms with Gasteiger partial charge >= 0.3 is 0 Å². The van der Waals surface area contributed by atoms with E-state index in [1.807, 2.05) is 43.0 Å². The molecule has 4 unspecified atom stereocenters. The van der Waals surface area contributed by atoms with E-state index in [9.17, 15) is 0 Å². The highest BCUT2D eigenvalue weighted by atomic mass is 16.3. The Kier molecular flexibility index (Phi) is 5.12. The quantitative estimate of drug-likeness (QED) is 0.186. The summed E-state index contributed by atoms with van der Waals surface area (Å²) in [5.41, 5.74) is 11.2. The Labute approximate surface area is 285 Å². The number of hydrogen-bond donors (Lipinski definition) is 0. The van der Waals surface area contributed by atoms with Crippen LogP contribution in [-0.4, -0.2) is 24.5 Å². The summed E-state index contributed by atoms with van der Waals surface area (Å²) in [4.78, 5) is 19.4. The largest absolute Gasteiger partial charge is 0.460 e. The fraction of sp³-hybridized carbons (Fsp3) is 0.163. The van der Waals surface area contributed by atoms with Gasteiger partial charge in [-0.3, -0.25) is 14.5 Å². The van der Waals surface area contributed by atoms with E-state index in [1.165, 1.54) is 28.1 Å². The van der Waals surface area contributed by atoms with Crippen LogP contribution in [0.25, 0.3) is 77.9 Å². The molecule has 7 nitrogen and oxygen atoms in total. The number of para-hydroxylation sites is 1. The molecular weight excluding hydrogens is 619 g/mol. The molecule has 0 spiro atoms. The van der Waals surface area contributed by atoms with Crippen LogP contribution in [0.2, 0.25) is 0 Å². The average molecular weight is 648 g/mol. The van der Waals surface area contributed by atoms with E-state index in [2.05, 4.69) is 84.3 Å². The topological polar surface area (TPSA) is 82.8 Å². The van der Waals surface area contributed by atoms with E-state index in [1.54, 1.807) is 0 Å². The zero-order chi connectivity index (χ0) is 32.7. The lowest BCUT2D eigenvalue weighted by atomic mass is 9.79. The molecule has 7 heteroatoms. The summed E-state index contributed by atoms with van der Waals surface area (Å²) >= 11 is 0. The number of aromatic nitrogens is 5. The number of allylic oxidation sites excluding steroid dienone is 1. The normalized spacial score (nSPS) is 22.1. The Balaban J connectivity index is 1.01. The van der Waals surface area contributed by atoms with Gasteiger partial charge < -0.3 is 8.83 Å². The number of furan rings is 2. The summed E-state index contributed by atoms with van der Waals surface area (Å²) in [5, 5.41) is 5.29. The Morgan fingerprint density at radius 2 is 1.36 bits per heavy atom. The zero-order valence-electron chi connectivity index (χ0n) is 27.1. The van der Waals surface area contributed by atoms with Crippen LogP contribution in [0.15, 0.2) is 119 Å². The van der Waals surface area contributed by atoms with E-state index >= 15 is 0 Å². The highest BCUT2D eigenvalue weighted by Gasteiger charge is 2.59. The van der Waals surface area contributed by atoms with Gasteiger partial charge in [0.1, 0.15) is 28.2 Å². The minimum Gasteiger partial charge on any atom is -0.460 e. The van der Waals surface area contributed by atoms with E-state index in [-0.39, 0.29) is 5.92 Å². The molecule has 0 aliphatic heterocycles. The molecule has 5 atom stereocenters. The van der Waals surface area contributed by atoms with Crippen molar-refractivity contribution in [2.24, 2.45) is 17.8 Å². The van der Waals surface area contributed by atoms with Crippen molar-refractivity contribution < 1.29 is 8.83 Å². The third-order valence-corrected chi connectivity index (χ3v) is 11.7. The van der Waals surface area contributed by atoms with Gasteiger partial charge in [-0.1, -0.05) is 43.3 Å². The van der Waals surface area contributed by atoms with Crippen LogP contribution in [0.1, 0.15) is 41.5 Å². The van der Waals surface area contributed by atoms with Gasteiger partial charge in [0, 0.05) is 85.9 Å². The third-order valence-electron chi connectivity index (χ3n) is 11.7. The van der Waals surface area contributed by atoms with Gasteiger partial charge in [-0.2, -0.15) is 0 Å². The SMILES string of the molecule is C[C@H]1C=Cc2c(oc3cc4c(cc23)oc2c(-n3c5ncccc5c5cccnc53)cccc24)C1C1C2Cc3ncccc3-c3cccnc3C21. The van der Waals surface area contributed by atoms with E-state index < -0.39 is 0 Å². The molecule has 0 N–H and O–H groups in total.